The number of anilines is 1. The fourth-order valence-corrected chi connectivity index (χ4v) is 2.07. The lowest BCUT2D eigenvalue weighted by Crippen LogP contribution is -2.36. The van der Waals surface area contributed by atoms with Gasteiger partial charge in [-0.15, -0.1) is 0 Å². The normalized spacial score (nSPS) is 17.3. The van der Waals surface area contributed by atoms with Gasteiger partial charge in [-0.1, -0.05) is 16.8 Å². The first-order chi connectivity index (χ1) is 8.49. The van der Waals surface area contributed by atoms with Crippen LogP contribution in [0.25, 0.3) is 0 Å². The highest BCUT2D eigenvalue weighted by Crippen LogP contribution is 2.46. The van der Waals surface area contributed by atoms with Gasteiger partial charge in [-0.05, 0) is 47.0 Å². The van der Waals surface area contributed by atoms with Gasteiger partial charge < -0.3 is 16.3 Å². The van der Waals surface area contributed by atoms with Crippen molar-refractivity contribution in [3.05, 3.63) is 27.7 Å². The zero-order chi connectivity index (χ0) is 13.3. The van der Waals surface area contributed by atoms with E-state index in [0.717, 1.165) is 4.47 Å². The van der Waals surface area contributed by atoms with Crippen molar-refractivity contribution in [1.29, 1.82) is 0 Å². The molecule has 1 saturated carbocycles. The first kappa shape index (κ1) is 13.2. The molecule has 0 spiro atoms. The molecule has 96 valence electrons. The maximum atomic E-state index is 12.1. The van der Waals surface area contributed by atoms with E-state index in [2.05, 4.69) is 26.4 Å². The van der Waals surface area contributed by atoms with Crippen LogP contribution < -0.4 is 11.1 Å². The first-order valence-electron chi connectivity index (χ1n) is 5.24. The molecule has 0 aliphatic heterocycles. The highest BCUT2D eigenvalue weighted by Gasteiger charge is 2.54. The Hall–Kier alpha value is -1.27. The van der Waals surface area contributed by atoms with E-state index in [1.807, 2.05) is 0 Å². The van der Waals surface area contributed by atoms with Crippen LogP contribution in [0.2, 0.25) is 5.02 Å². The molecule has 2 rings (SSSR count). The second kappa shape index (κ2) is 4.78. The molecule has 4 N–H and O–H groups in total. The summed E-state index contributed by atoms with van der Waals surface area (Å²) in [5.74, 6) is -0.334. The lowest BCUT2D eigenvalue weighted by molar-refractivity contribution is -0.119. The SMILES string of the molecule is N/C(=N/O)C1(C(=O)Nc2ccc(Br)c(Cl)c2)CC1. The predicted octanol–water partition coefficient (Wildman–Crippen LogP) is 2.57. The Morgan fingerprint density at radius 3 is 2.72 bits per heavy atom. The number of benzene rings is 1. The molecule has 0 heterocycles. The van der Waals surface area contributed by atoms with Crippen molar-refractivity contribution in [3.8, 4) is 0 Å². The summed E-state index contributed by atoms with van der Waals surface area (Å²) in [6, 6.07) is 5.09. The summed E-state index contributed by atoms with van der Waals surface area (Å²) in [4.78, 5) is 12.1. The van der Waals surface area contributed by atoms with E-state index in [0.29, 0.717) is 23.6 Å². The van der Waals surface area contributed by atoms with E-state index in [1.165, 1.54) is 0 Å². The minimum atomic E-state index is -0.867. The fraction of sp³-hybridized carbons (Fsp3) is 0.273. The average Bonchev–Trinajstić information content (AvgIpc) is 3.14. The monoisotopic (exact) mass is 331 g/mol. The first-order valence-corrected chi connectivity index (χ1v) is 6.41. The second-order valence-corrected chi connectivity index (χ2v) is 5.41. The number of nitrogens with one attached hydrogen (secondary N) is 1. The number of halogens is 2. The molecule has 1 aliphatic rings. The molecule has 0 aromatic heterocycles. The van der Waals surface area contributed by atoms with Gasteiger partial charge in [0, 0.05) is 10.2 Å². The molecule has 0 atom stereocenters. The Morgan fingerprint density at radius 1 is 1.56 bits per heavy atom. The minimum absolute atomic E-state index is 0.0526. The Bertz CT molecular complexity index is 529. The van der Waals surface area contributed by atoms with Crippen molar-refractivity contribution in [2.45, 2.75) is 12.8 Å². The van der Waals surface area contributed by atoms with Crippen LogP contribution in [0.1, 0.15) is 12.8 Å². The summed E-state index contributed by atoms with van der Waals surface area (Å²) in [6.07, 6.45) is 1.16. The zero-order valence-electron chi connectivity index (χ0n) is 9.28. The van der Waals surface area contributed by atoms with E-state index in [-0.39, 0.29) is 11.7 Å². The number of hydrogen-bond acceptors (Lipinski definition) is 3. The Morgan fingerprint density at radius 2 is 2.22 bits per heavy atom. The molecule has 0 saturated heterocycles. The lowest BCUT2D eigenvalue weighted by atomic mass is 10.1. The summed E-state index contributed by atoms with van der Waals surface area (Å²) >= 11 is 9.20. The van der Waals surface area contributed by atoms with E-state index < -0.39 is 5.41 Å². The number of carbonyl (C=O) groups excluding carboxylic acids is 1. The highest BCUT2D eigenvalue weighted by molar-refractivity contribution is 9.10. The van der Waals surface area contributed by atoms with Crippen LogP contribution in [0, 0.1) is 5.41 Å². The molecule has 1 fully saturated rings. The maximum Gasteiger partial charge on any atom is 0.238 e. The van der Waals surface area contributed by atoms with Crippen molar-refractivity contribution in [2.75, 3.05) is 5.32 Å². The number of nitrogens with zero attached hydrogens (tertiary/aromatic N) is 1. The van der Waals surface area contributed by atoms with Gasteiger partial charge in [-0.2, -0.15) is 0 Å². The Labute approximate surface area is 117 Å². The zero-order valence-corrected chi connectivity index (χ0v) is 11.6. The summed E-state index contributed by atoms with van der Waals surface area (Å²) < 4.78 is 0.750. The van der Waals surface area contributed by atoms with E-state index >= 15 is 0 Å². The standard InChI is InChI=1S/C11H11BrClN3O2/c12-7-2-1-6(5-8(7)13)15-10(17)11(3-4-11)9(14)16-18/h1-2,5,18H,3-4H2,(H2,14,16)(H,15,17). The summed E-state index contributed by atoms with van der Waals surface area (Å²) in [6.45, 7) is 0. The molecule has 0 radical (unpaired) electrons. The van der Waals surface area contributed by atoms with Gasteiger partial charge in [-0.25, -0.2) is 0 Å². The fourth-order valence-electron chi connectivity index (χ4n) is 1.64. The van der Waals surface area contributed by atoms with Crippen LogP contribution in [0.3, 0.4) is 0 Å². The van der Waals surface area contributed by atoms with Crippen LogP contribution in [-0.4, -0.2) is 17.0 Å². The number of amidine groups is 1. The molecule has 18 heavy (non-hydrogen) atoms. The molecule has 1 aromatic carbocycles. The Kier molecular flexibility index (Phi) is 3.49. The van der Waals surface area contributed by atoms with Crippen molar-refractivity contribution in [3.63, 3.8) is 0 Å². The van der Waals surface area contributed by atoms with Crippen LogP contribution in [0.5, 0.6) is 0 Å². The van der Waals surface area contributed by atoms with Gasteiger partial charge in [0.05, 0.1) is 5.02 Å². The summed E-state index contributed by atoms with van der Waals surface area (Å²) in [7, 11) is 0. The van der Waals surface area contributed by atoms with Crippen molar-refractivity contribution >= 4 is 45.0 Å². The quantitative estimate of drug-likeness (QED) is 0.344. The summed E-state index contributed by atoms with van der Waals surface area (Å²) in [5.41, 5.74) is 5.23. The van der Waals surface area contributed by atoms with Crippen molar-refractivity contribution in [2.24, 2.45) is 16.3 Å². The molecule has 1 amide bonds. The van der Waals surface area contributed by atoms with Gasteiger partial charge in [0.1, 0.15) is 5.41 Å². The molecule has 0 bridgehead atoms. The van der Waals surface area contributed by atoms with Gasteiger partial charge >= 0.3 is 0 Å². The van der Waals surface area contributed by atoms with Crippen molar-refractivity contribution in [1.82, 2.24) is 0 Å². The van der Waals surface area contributed by atoms with Crippen LogP contribution >= 0.6 is 27.5 Å². The number of hydrogen-bond donors (Lipinski definition) is 3. The largest absolute Gasteiger partial charge is 0.409 e. The molecule has 0 unspecified atom stereocenters. The third-order valence-electron chi connectivity index (χ3n) is 2.96. The lowest BCUT2D eigenvalue weighted by Gasteiger charge is -2.13. The summed E-state index contributed by atoms with van der Waals surface area (Å²) in [5, 5.41) is 14.8. The number of rotatable bonds is 3. The third kappa shape index (κ3) is 2.30. The second-order valence-electron chi connectivity index (χ2n) is 4.15. The number of carbonyl (C=O) groups is 1. The molecule has 1 aromatic rings. The van der Waals surface area contributed by atoms with Crippen LogP contribution in [-0.2, 0) is 4.79 Å². The van der Waals surface area contributed by atoms with Gasteiger partial charge in [0.25, 0.3) is 0 Å². The van der Waals surface area contributed by atoms with Gasteiger partial charge in [0.2, 0.25) is 5.91 Å². The molecular formula is C11H11BrClN3O2. The van der Waals surface area contributed by atoms with Crippen molar-refractivity contribution < 1.29 is 10.0 Å². The number of amides is 1. The van der Waals surface area contributed by atoms with E-state index in [9.17, 15) is 4.79 Å². The maximum absolute atomic E-state index is 12.1. The average molecular weight is 333 g/mol. The molecule has 7 heteroatoms. The van der Waals surface area contributed by atoms with E-state index in [4.69, 9.17) is 22.5 Å². The smallest absolute Gasteiger partial charge is 0.238 e. The van der Waals surface area contributed by atoms with E-state index in [1.54, 1.807) is 18.2 Å². The molecule has 1 aliphatic carbocycles. The number of nitrogens with two attached hydrogens (primary N) is 1. The van der Waals surface area contributed by atoms with Gasteiger partial charge in [0.15, 0.2) is 5.84 Å². The molecule has 5 nitrogen and oxygen atoms in total. The predicted molar refractivity (Wildman–Crippen MR) is 72.9 cm³/mol. The third-order valence-corrected chi connectivity index (χ3v) is 4.19. The van der Waals surface area contributed by atoms with Gasteiger partial charge in [-0.3, -0.25) is 4.79 Å². The van der Waals surface area contributed by atoms with Crippen LogP contribution in [0.15, 0.2) is 27.8 Å². The van der Waals surface area contributed by atoms with Crippen LogP contribution in [0.4, 0.5) is 5.69 Å². The number of oxime groups is 1. The Balaban J connectivity index is 2.15. The highest BCUT2D eigenvalue weighted by atomic mass is 79.9. The topological polar surface area (TPSA) is 87.7 Å². The minimum Gasteiger partial charge on any atom is -0.409 e. The molecular weight excluding hydrogens is 321 g/mol.